The van der Waals surface area contributed by atoms with E-state index >= 15 is 0 Å². The average molecular weight is 408 g/mol. The third kappa shape index (κ3) is 3.54. The zero-order valence-electron chi connectivity index (χ0n) is 15.9. The summed E-state index contributed by atoms with van der Waals surface area (Å²) in [5.74, 6) is -0.464. The van der Waals surface area contributed by atoms with Gasteiger partial charge in [0.2, 0.25) is 0 Å². The number of halogens is 2. The number of aromatic nitrogens is 5. The highest BCUT2D eigenvalue weighted by Gasteiger charge is 2.25. The molecule has 5 rings (SSSR count). The summed E-state index contributed by atoms with van der Waals surface area (Å²) >= 11 is 0. The van der Waals surface area contributed by atoms with Gasteiger partial charge in [-0.2, -0.15) is 5.10 Å². The number of H-pyrrole nitrogens is 1. The van der Waals surface area contributed by atoms with Crippen LogP contribution in [0.25, 0.3) is 22.3 Å². The molecule has 1 aromatic carbocycles. The highest BCUT2D eigenvalue weighted by atomic mass is 19.1. The van der Waals surface area contributed by atoms with Crippen LogP contribution in [0.4, 0.5) is 14.6 Å². The molecular formula is C21H18F2N6O. The fourth-order valence-electron chi connectivity index (χ4n) is 3.63. The second-order valence-corrected chi connectivity index (χ2v) is 7.13. The van der Waals surface area contributed by atoms with Crippen molar-refractivity contribution >= 4 is 16.9 Å². The Labute approximate surface area is 170 Å². The van der Waals surface area contributed by atoms with Gasteiger partial charge in [0.15, 0.2) is 17.4 Å². The number of aromatic amines is 1. The standard InChI is InChI=1S/C21H18F2N6O/c22-14-1-2-19(16(23)9-14)30-15-4-7-29(8-5-15)21-20(13-10-25-26-11-13)27-18-12-24-6-3-17(18)28-21/h1-3,6,9-12,15H,4-5,7-8H2,(H,25,26). The van der Waals surface area contributed by atoms with Crippen molar-refractivity contribution in [2.24, 2.45) is 0 Å². The van der Waals surface area contributed by atoms with Crippen molar-refractivity contribution in [3.8, 4) is 17.0 Å². The first-order chi connectivity index (χ1) is 14.7. The van der Waals surface area contributed by atoms with Crippen LogP contribution in [-0.4, -0.2) is 44.3 Å². The maximum atomic E-state index is 13.9. The van der Waals surface area contributed by atoms with Crippen LogP contribution in [0, 0.1) is 11.6 Å². The van der Waals surface area contributed by atoms with Crippen molar-refractivity contribution in [2.75, 3.05) is 18.0 Å². The molecule has 0 spiro atoms. The number of pyridine rings is 1. The van der Waals surface area contributed by atoms with Crippen molar-refractivity contribution in [2.45, 2.75) is 18.9 Å². The van der Waals surface area contributed by atoms with Gasteiger partial charge in [-0.1, -0.05) is 0 Å². The van der Waals surface area contributed by atoms with Gasteiger partial charge in [0.25, 0.3) is 0 Å². The molecule has 4 aromatic rings. The molecule has 0 atom stereocenters. The first-order valence-corrected chi connectivity index (χ1v) is 9.65. The van der Waals surface area contributed by atoms with Gasteiger partial charge in [-0.3, -0.25) is 10.1 Å². The van der Waals surface area contributed by atoms with Crippen LogP contribution in [-0.2, 0) is 0 Å². The van der Waals surface area contributed by atoms with Gasteiger partial charge in [0.05, 0.1) is 17.9 Å². The zero-order valence-corrected chi connectivity index (χ0v) is 15.9. The number of fused-ring (bicyclic) bond motifs is 1. The van der Waals surface area contributed by atoms with E-state index < -0.39 is 11.6 Å². The Morgan fingerprint density at radius 1 is 1.03 bits per heavy atom. The molecular weight excluding hydrogens is 390 g/mol. The fraction of sp³-hybridized carbons (Fsp3) is 0.238. The fourth-order valence-corrected chi connectivity index (χ4v) is 3.63. The highest BCUT2D eigenvalue weighted by molar-refractivity contribution is 5.82. The molecule has 0 unspecified atom stereocenters. The van der Waals surface area contributed by atoms with Crippen LogP contribution in [0.3, 0.4) is 0 Å². The summed E-state index contributed by atoms with van der Waals surface area (Å²) in [6.07, 6.45) is 8.07. The van der Waals surface area contributed by atoms with E-state index in [0.29, 0.717) is 31.4 Å². The summed E-state index contributed by atoms with van der Waals surface area (Å²) in [6, 6.07) is 5.19. The Kier molecular flexibility index (Phi) is 4.70. The third-order valence-corrected chi connectivity index (χ3v) is 5.15. The molecule has 0 aliphatic carbocycles. The molecule has 1 saturated heterocycles. The number of piperidine rings is 1. The van der Waals surface area contributed by atoms with Crippen molar-refractivity contribution < 1.29 is 13.5 Å². The first-order valence-electron chi connectivity index (χ1n) is 9.65. The Bertz CT molecular complexity index is 1180. The van der Waals surface area contributed by atoms with Gasteiger partial charge in [-0.25, -0.2) is 18.7 Å². The van der Waals surface area contributed by atoms with E-state index in [2.05, 4.69) is 20.1 Å². The lowest BCUT2D eigenvalue weighted by Crippen LogP contribution is -2.39. The molecule has 30 heavy (non-hydrogen) atoms. The lowest BCUT2D eigenvalue weighted by atomic mass is 10.1. The Hall–Kier alpha value is -3.62. The summed E-state index contributed by atoms with van der Waals surface area (Å²) in [4.78, 5) is 15.9. The lowest BCUT2D eigenvalue weighted by molar-refractivity contribution is 0.163. The third-order valence-electron chi connectivity index (χ3n) is 5.15. The number of ether oxygens (including phenoxy) is 1. The van der Waals surface area contributed by atoms with Gasteiger partial charge in [-0.15, -0.1) is 0 Å². The summed E-state index contributed by atoms with van der Waals surface area (Å²) in [5, 5.41) is 6.84. The minimum absolute atomic E-state index is 0.0759. The Morgan fingerprint density at radius 2 is 1.90 bits per heavy atom. The van der Waals surface area contributed by atoms with E-state index in [-0.39, 0.29) is 11.9 Å². The normalized spacial score (nSPS) is 14.9. The number of rotatable bonds is 4. The van der Waals surface area contributed by atoms with Gasteiger partial charge in [0, 0.05) is 50.0 Å². The molecule has 1 N–H and O–H groups in total. The minimum atomic E-state index is -0.686. The molecule has 4 heterocycles. The zero-order chi connectivity index (χ0) is 20.5. The average Bonchev–Trinajstić information content (AvgIpc) is 3.30. The summed E-state index contributed by atoms with van der Waals surface area (Å²) in [7, 11) is 0. The highest BCUT2D eigenvalue weighted by Crippen LogP contribution is 2.31. The predicted molar refractivity (Wildman–Crippen MR) is 107 cm³/mol. The maximum Gasteiger partial charge on any atom is 0.167 e. The maximum absolute atomic E-state index is 13.9. The number of hydrogen-bond acceptors (Lipinski definition) is 6. The quantitative estimate of drug-likeness (QED) is 0.554. The largest absolute Gasteiger partial charge is 0.487 e. The molecule has 1 aliphatic heterocycles. The van der Waals surface area contributed by atoms with Crippen molar-refractivity contribution in [3.05, 3.63) is 60.7 Å². The molecule has 0 saturated carbocycles. The molecule has 0 radical (unpaired) electrons. The second kappa shape index (κ2) is 7.66. The van der Waals surface area contributed by atoms with E-state index in [0.717, 1.165) is 28.7 Å². The number of anilines is 1. The Balaban J connectivity index is 1.38. The van der Waals surface area contributed by atoms with Crippen molar-refractivity contribution in [1.82, 2.24) is 25.1 Å². The monoisotopic (exact) mass is 408 g/mol. The van der Waals surface area contributed by atoms with Gasteiger partial charge in [-0.05, 0) is 18.2 Å². The smallest absolute Gasteiger partial charge is 0.167 e. The van der Waals surface area contributed by atoms with Crippen LogP contribution in [0.15, 0.2) is 49.1 Å². The molecule has 1 fully saturated rings. The molecule has 0 amide bonds. The second-order valence-electron chi connectivity index (χ2n) is 7.13. The van der Waals surface area contributed by atoms with Crippen LogP contribution < -0.4 is 9.64 Å². The summed E-state index contributed by atoms with van der Waals surface area (Å²) in [5.41, 5.74) is 3.05. The predicted octanol–water partition coefficient (Wildman–Crippen LogP) is 3.74. The van der Waals surface area contributed by atoms with Crippen molar-refractivity contribution in [3.63, 3.8) is 0 Å². The first kappa shape index (κ1) is 18.4. The van der Waals surface area contributed by atoms with E-state index in [4.69, 9.17) is 14.7 Å². The van der Waals surface area contributed by atoms with Gasteiger partial charge >= 0.3 is 0 Å². The number of benzene rings is 1. The molecule has 7 nitrogen and oxygen atoms in total. The molecule has 152 valence electrons. The molecule has 0 bridgehead atoms. The van der Waals surface area contributed by atoms with Gasteiger partial charge < -0.3 is 9.64 Å². The van der Waals surface area contributed by atoms with Crippen LogP contribution >= 0.6 is 0 Å². The SMILES string of the molecule is Fc1ccc(OC2CCN(c3nc4ccncc4nc3-c3cn[nH]c3)CC2)c(F)c1. The molecule has 3 aromatic heterocycles. The summed E-state index contributed by atoms with van der Waals surface area (Å²) < 4.78 is 32.8. The summed E-state index contributed by atoms with van der Waals surface area (Å²) in [6.45, 7) is 1.34. The van der Waals surface area contributed by atoms with Crippen molar-refractivity contribution in [1.29, 1.82) is 0 Å². The van der Waals surface area contributed by atoms with E-state index in [1.165, 1.54) is 12.1 Å². The van der Waals surface area contributed by atoms with Crippen LogP contribution in [0.5, 0.6) is 5.75 Å². The van der Waals surface area contributed by atoms with Crippen LogP contribution in [0.1, 0.15) is 12.8 Å². The van der Waals surface area contributed by atoms with E-state index in [9.17, 15) is 8.78 Å². The Morgan fingerprint density at radius 3 is 2.67 bits per heavy atom. The number of nitrogens with one attached hydrogen (secondary N) is 1. The number of hydrogen-bond donors (Lipinski definition) is 1. The van der Waals surface area contributed by atoms with E-state index in [1.807, 2.05) is 6.07 Å². The minimum Gasteiger partial charge on any atom is -0.487 e. The van der Waals surface area contributed by atoms with Crippen LogP contribution in [0.2, 0.25) is 0 Å². The molecule has 9 heteroatoms. The number of nitrogens with zero attached hydrogens (tertiary/aromatic N) is 5. The topological polar surface area (TPSA) is 79.8 Å². The molecule has 1 aliphatic rings. The van der Waals surface area contributed by atoms with Gasteiger partial charge in [0.1, 0.15) is 23.1 Å². The lowest BCUT2D eigenvalue weighted by Gasteiger charge is -2.33. The van der Waals surface area contributed by atoms with E-state index in [1.54, 1.807) is 24.8 Å².